The molecule has 0 spiro atoms. The van der Waals surface area contributed by atoms with E-state index in [0.717, 1.165) is 11.7 Å². The second-order valence-electron chi connectivity index (χ2n) is 5.58. The van der Waals surface area contributed by atoms with Gasteiger partial charge >= 0.3 is 0 Å². The van der Waals surface area contributed by atoms with Crippen LogP contribution in [0.5, 0.6) is 0 Å². The Balaban J connectivity index is 1.76. The molecule has 3 nitrogen and oxygen atoms in total. The summed E-state index contributed by atoms with van der Waals surface area (Å²) >= 11 is 0. The fourth-order valence-corrected chi connectivity index (χ4v) is 3.31. The second-order valence-corrected chi connectivity index (χ2v) is 5.58. The van der Waals surface area contributed by atoms with Crippen LogP contribution in [0.3, 0.4) is 0 Å². The highest BCUT2D eigenvalue weighted by molar-refractivity contribution is 5.55. The zero-order valence-corrected chi connectivity index (χ0v) is 10.6. The van der Waals surface area contributed by atoms with Gasteiger partial charge in [0.2, 0.25) is 0 Å². The maximum absolute atomic E-state index is 5.74. The molecule has 2 N–H and O–H groups in total. The molecule has 0 unspecified atom stereocenters. The number of hydrogen-bond acceptors (Lipinski definition) is 3. The van der Waals surface area contributed by atoms with Gasteiger partial charge in [-0.2, -0.15) is 0 Å². The van der Waals surface area contributed by atoms with E-state index in [4.69, 9.17) is 5.73 Å². The molecule has 3 heteroatoms. The number of fused-ring (bicyclic) bond motifs is 2. The molecule has 0 aliphatic carbocycles. The van der Waals surface area contributed by atoms with Crippen molar-refractivity contribution in [2.45, 2.75) is 38.4 Å². The fourth-order valence-electron chi connectivity index (χ4n) is 3.31. The number of piperazine rings is 1. The predicted molar refractivity (Wildman–Crippen MR) is 72.2 cm³/mol. The average molecular weight is 231 g/mol. The SMILES string of the molecule is CC(C)N1C[C@H]2C[C@@H]1CN2c1ccc(N)cc1. The predicted octanol–water partition coefficient (Wildman–Crippen LogP) is 1.94. The number of nitrogen functional groups attached to an aromatic ring is 1. The number of hydrogen-bond donors (Lipinski definition) is 1. The van der Waals surface area contributed by atoms with Crippen molar-refractivity contribution in [1.29, 1.82) is 0 Å². The van der Waals surface area contributed by atoms with Crippen LogP contribution in [-0.4, -0.2) is 36.1 Å². The van der Waals surface area contributed by atoms with Gasteiger partial charge in [-0.3, -0.25) is 4.90 Å². The minimum absolute atomic E-state index is 0.679. The maximum atomic E-state index is 5.74. The normalized spacial score (nSPS) is 28.3. The molecule has 2 aliphatic rings. The van der Waals surface area contributed by atoms with Gasteiger partial charge in [0.15, 0.2) is 0 Å². The highest BCUT2D eigenvalue weighted by Crippen LogP contribution is 2.35. The van der Waals surface area contributed by atoms with Crippen LogP contribution in [0.25, 0.3) is 0 Å². The molecule has 17 heavy (non-hydrogen) atoms. The van der Waals surface area contributed by atoms with Crippen LogP contribution < -0.4 is 10.6 Å². The molecule has 0 saturated carbocycles. The third-order valence-corrected chi connectivity index (χ3v) is 4.17. The Morgan fingerprint density at radius 2 is 1.82 bits per heavy atom. The van der Waals surface area contributed by atoms with Gasteiger partial charge in [-0.05, 0) is 44.5 Å². The lowest BCUT2D eigenvalue weighted by Crippen LogP contribution is -2.48. The van der Waals surface area contributed by atoms with Gasteiger partial charge in [0.05, 0.1) is 0 Å². The van der Waals surface area contributed by atoms with Crippen LogP contribution in [0.1, 0.15) is 20.3 Å². The molecule has 3 rings (SSSR count). The molecule has 0 aromatic heterocycles. The lowest BCUT2D eigenvalue weighted by molar-refractivity contribution is 0.191. The summed E-state index contributed by atoms with van der Waals surface area (Å²) in [6.07, 6.45) is 1.32. The molecule has 1 aromatic rings. The summed E-state index contributed by atoms with van der Waals surface area (Å²) in [6, 6.07) is 10.4. The van der Waals surface area contributed by atoms with Crippen LogP contribution in [0.2, 0.25) is 0 Å². The number of anilines is 2. The Kier molecular flexibility index (Phi) is 2.51. The second kappa shape index (κ2) is 3.91. The standard InChI is InChI=1S/C14H21N3/c1-10(2)16-8-14-7-13(16)9-17(14)12-5-3-11(15)4-6-12/h3-6,10,13-14H,7-9,15H2,1-2H3/t13-,14-/m1/s1. The van der Waals surface area contributed by atoms with E-state index in [1.54, 1.807) is 0 Å². The molecule has 2 bridgehead atoms. The largest absolute Gasteiger partial charge is 0.399 e. The summed E-state index contributed by atoms with van der Waals surface area (Å²) in [5.41, 5.74) is 7.91. The zero-order valence-electron chi connectivity index (χ0n) is 10.6. The van der Waals surface area contributed by atoms with E-state index in [-0.39, 0.29) is 0 Å². The van der Waals surface area contributed by atoms with Crippen LogP contribution in [0, 0.1) is 0 Å². The van der Waals surface area contributed by atoms with Crippen LogP contribution in [-0.2, 0) is 0 Å². The number of benzene rings is 1. The lowest BCUT2D eigenvalue weighted by atomic mass is 10.2. The van der Waals surface area contributed by atoms with E-state index in [9.17, 15) is 0 Å². The van der Waals surface area contributed by atoms with Crippen molar-refractivity contribution in [2.24, 2.45) is 0 Å². The first-order valence-electron chi connectivity index (χ1n) is 6.53. The monoisotopic (exact) mass is 231 g/mol. The van der Waals surface area contributed by atoms with E-state index < -0.39 is 0 Å². The van der Waals surface area contributed by atoms with Crippen molar-refractivity contribution < 1.29 is 0 Å². The first kappa shape index (κ1) is 10.9. The highest BCUT2D eigenvalue weighted by atomic mass is 15.4. The molecule has 0 amide bonds. The van der Waals surface area contributed by atoms with E-state index in [0.29, 0.717) is 12.1 Å². The van der Waals surface area contributed by atoms with Gasteiger partial charge in [-0.25, -0.2) is 0 Å². The maximum Gasteiger partial charge on any atom is 0.0433 e. The minimum atomic E-state index is 0.679. The van der Waals surface area contributed by atoms with Crippen molar-refractivity contribution in [2.75, 3.05) is 23.7 Å². The Hall–Kier alpha value is -1.22. The first-order valence-corrected chi connectivity index (χ1v) is 6.53. The van der Waals surface area contributed by atoms with Crippen molar-refractivity contribution >= 4 is 11.4 Å². The van der Waals surface area contributed by atoms with Crippen molar-refractivity contribution in [1.82, 2.24) is 4.90 Å². The summed E-state index contributed by atoms with van der Waals surface area (Å²) in [5.74, 6) is 0. The van der Waals surface area contributed by atoms with Gasteiger partial charge in [-0.15, -0.1) is 0 Å². The van der Waals surface area contributed by atoms with Gasteiger partial charge in [0.25, 0.3) is 0 Å². The van der Waals surface area contributed by atoms with Crippen LogP contribution >= 0.6 is 0 Å². The third-order valence-electron chi connectivity index (χ3n) is 4.17. The molecule has 0 radical (unpaired) electrons. The van der Waals surface area contributed by atoms with Gasteiger partial charge in [0, 0.05) is 42.6 Å². The fraction of sp³-hybridized carbons (Fsp3) is 0.571. The number of rotatable bonds is 2. The summed E-state index contributed by atoms with van der Waals surface area (Å²) in [5, 5.41) is 0. The average Bonchev–Trinajstić information content (AvgIpc) is 2.89. The first-order chi connectivity index (χ1) is 8.15. The quantitative estimate of drug-likeness (QED) is 0.790. The van der Waals surface area contributed by atoms with E-state index in [1.807, 2.05) is 12.1 Å². The van der Waals surface area contributed by atoms with Crippen molar-refractivity contribution in [3.05, 3.63) is 24.3 Å². The molecule has 2 atom stereocenters. The molecular weight excluding hydrogens is 210 g/mol. The Bertz CT molecular complexity index is 398. The molecule has 2 fully saturated rings. The Morgan fingerprint density at radius 1 is 1.12 bits per heavy atom. The Morgan fingerprint density at radius 3 is 2.35 bits per heavy atom. The van der Waals surface area contributed by atoms with Crippen LogP contribution in [0.4, 0.5) is 11.4 Å². The van der Waals surface area contributed by atoms with Gasteiger partial charge < -0.3 is 10.6 Å². The molecular formula is C14H21N3. The summed E-state index contributed by atoms with van der Waals surface area (Å²) < 4.78 is 0. The highest BCUT2D eigenvalue weighted by Gasteiger charge is 2.43. The van der Waals surface area contributed by atoms with Crippen molar-refractivity contribution in [3.8, 4) is 0 Å². The molecule has 2 aliphatic heterocycles. The van der Waals surface area contributed by atoms with E-state index in [1.165, 1.54) is 25.2 Å². The molecule has 1 aromatic carbocycles. The Labute approximate surface area is 103 Å². The zero-order chi connectivity index (χ0) is 12.0. The minimum Gasteiger partial charge on any atom is -0.399 e. The lowest BCUT2D eigenvalue weighted by Gasteiger charge is -2.37. The van der Waals surface area contributed by atoms with E-state index in [2.05, 4.69) is 35.8 Å². The van der Waals surface area contributed by atoms with E-state index >= 15 is 0 Å². The number of nitrogens with two attached hydrogens (primary N) is 1. The van der Waals surface area contributed by atoms with Gasteiger partial charge in [0.1, 0.15) is 0 Å². The smallest absolute Gasteiger partial charge is 0.0433 e. The number of nitrogens with zero attached hydrogens (tertiary/aromatic N) is 2. The summed E-state index contributed by atoms with van der Waals surface area (Å²) in [4.78, 5) is 5.18. The summed E-state index contributed by atoms with van der Waals surface area (Å²) in [7, 11) is 0. The molecule has 2 heterocycles. The topological polar surface area (TPSA) is 32.5 Å². The van der Waals surface area contributed by atoms with Crippen LogP contribution in [0.15, 0.2) is 24.3 Å². The van der Waals surface area contributed by atoms with Gasteiger partial charge in [-0.1, -0.05) is 0 Å². The molecule has 2 saturated heterocycles. The third kappa shape index (κ3) is 1.78. The number of likely N-dealkylation sites (tertiary alicyclic amines) is 1. The summed E-state index contributed by atoms with van der Waals surface area (Å²) in [6.45, 7) is 6.99. The molecule has 92 valence electrons. The van der Waals surface area contributed by atoms with Crippen molar-refractivity contribution in [3.63, 3.8) is 0 Å².